The third kappa shape index (κ3) is 3.14. The number of nitrogens with two attached hydrogens (primary N) is 1. The molecule has 0 aliphatic carbocycles. The lowest BCUT2D eigenvalue weighted by Gasteiger charge is -2.34. The molecule has 1 heterocycles. The van der Waals surface area contributed by atoms with Crippen LogP contribution in [0.25, 0.3) is 0 Å². The Morgan fingerprint density at radius 3 is 2.86 bits per heavy atom. The monoisotopic (exact) mass is 297 g/mol. The van der Waals surface area contributed by atoms with Gasteiger partial charge in [-0.1, -0.05) is 18.2 Å². The average Bonchev–Trinajstić information content (AvgIpc) is 2.47. The smallest absolute Gasteiger partial charge is 0.243 e. The summed E-state index contributed by atoms with van der Waals surface area (Å²) in [5, 5.41) is 2.90. The highest BCUT2D eigenvalue weighted by Crippen LogP contribution is 2.34. The van der Waals surface area contributed by atoms with E-state index in [1.54, 1.807) is 6.07 Å². The predicted octanol–water partition coefficient (Wildman–Crippen LogP) is 2.49. The maximum Gasteiger partial charge on any atom is 0.243 e. The first-order chi connectivity index (χ1) is 10.6. The van der Waals surface area contributed by atoms with Crippen molar-refractivity contribution in [3.05, 3.63) is 48.5 Å². The molecule has 1 unspecified atom stereocenters. The fourth-order valence-corrected chi connectivity index (χ4v) is 2.59. The summed E-state index contributed by atoms with van der Waals surface area (Å²) >= 11 is 0. The Kier molecular flexibility index (Phi) is 3.87. The van der Waals surface area contributed by atoms with Gasteiger partial charge in [-0.25, -0.2) is 0 Å². The van der Waals surface area contributed by atoms with Crippen LogP contribution in [0.15, 0.2) is 48.5 Å². The number of nitrogens with one attached hydrogen (secondary N) is 1. The quantitative estimate of drug-likeness (QED) is 0.854. The normalized spacial score (nSPS) is 16.6. The minimum Gasteiger partial charge on any atom is -0.487 e. The van der Waals surface area contributed by atoms with Crippen molar-refractivity contribution in [3.8, 4) is 5.75 Å². The van der Waals surface area contributed by atoms with Gasteiger partial charge in [0.15, 0.2) is 0 Å². The van der Waals surface area contributed by atoms with Crippen LogP contribution in [0, 0.1) is 0 Å². The van der Waals surface area contributed by atoms with Crippen LogP contribution in [0.2, 0.25) is 0 Å². The molecule has 0 saturated heterocycles. The molecular formula is C17H19N3O2. The number of para-hydroxylation sites is 1. The second-order valence-corrected chi connectivity index (χ2v) is 5.45. The third-order valence-corrected chi connectivity index (χ3v) is 3.52. The molecule has 5 heteroatoms. The van der Waals surface area contributed by atoms with Gasteiger partial charge in [0.05, 0.1) is 18.8 Å². The van der Waals surface area contributed by atoms with Crippen LogP contribution in [0.4, 0.5) is 17.1 Å². The summed E-state index contributed by atoms with van der Waals surface area (Å²) in [7, 11) is 0. The van der Waals surface area contributed by atoms with Crippen molar-refractivity contribution in [3.63, 3.8) is 0 Å². The molecular weight excluding hydrogens is 278 g/mol. The maximum absolute atomic E-state index is 12.2. The highest BCUT2D eigenvalue weighted by atomic mass is 16.5. The van der Waals surface area contributed by atoms with Gasteiger partial charge in [-0.3, -0.25) is 4.79 Å². The molecule has 3 N–H and O–H groups in total. The molecule has 0 saturated carbocycles. The summed E-state index contributed by atoms with van der Waals surface area (Å²) in [6.45, 7) is 2.92. The largest absolute Gasteiger partial charge is 0.487 e. The van der Waals surface area contributed by atoms with Crippen LogP contribution in [0.3, 0.4) is 0 Å². The van der Waals surface area contributed by atoms with Crippen LogP contribution in [0.1, 0.15) is 6.92 Å². The SMILES string of the molecule is CC1CN(CC(=O)Nc2ccccc2)c2ccc(N)cc2O1. The van der Waals surface area contributed by atoms with E-state index in [2.05, 4.69) is 5.32 Å². The Bertz CT molecular complexity index is 673. The van der Waals surface area contributed by atoms with E-state index in [0.29, 0.717) is 12.2 Å². The van der Waals surface area contributed by atoms with Gasteiger partial charge in [0.2, 0.25) is 5.91 Å². The Morgan fingerprint density at radius 2 is 2.09 bits per heavy atom. The number of nitrogen functional groups attached to an aromatic ring is 1. The first kappa shape index (κ1) is 14.3. The number of rotatable bonds is 3. The first-order valence-electron chi connectivity index (χ1n) is 7.28. The van der Waals surface area contributed by atoms with Gasteiger partial charge in [0, 0.05) is 17.4 Å². The molecule has 0 spiro atoms. The van der Waals surface area contributed by atoms with Gasteiger partial charge < -0.3 is 20.7 Å². The zero-order valence-electron chi connectivity index (χ0n) is 12.5. The first-order valence-corrected chi connectivity index (χ1v) is 7.28. The predicted molar refractivity (Wildman–Crippen MR) is 88.2 cm³/mol. The van der Waals surface area contributed by atoms with E-state index >= 15 is 0 Å². The second-order valence-electron chi connectivity index (χ2n) is 5.45. The lowest BCUT2D eigenvalue weighted by molar-refractivity contribution is -0.115. The van der Waals surface area contributed by atoms with Crippen molar-refractivity contribution >= 4 is 23.0 Å². The van der Waals surface area contributed by atoms with Crippen LogP contribution >= 0.6 is 0 Å². The van der Waals surface area contributed by atoms with Gasteiger partial charge in [-0.15, -0.1) is 0 Å². The number of anilines is 3. The molecule has 22 heavy (non-hydrogen) atoms. The highest BCUT2D eigenvalue weighted by molar-refractivity contribution is 5.94. The van der Waals surface area contributed by atoms with Crippen LogP contribution in [-0.4, -0.2) is 25.1 Å². The fraction of sp³-hybridized carbons (Fsp3) is 0.235. The Hall–Kier alpha value is -2.69. The summed E-state index contributed by atoms with van der Waals surface area (Å²) in [6.07, 6.45) is 0.0128. The molecule has 1 amide bonds. The van der Waals surface area contributed by atoms with Crippen LogP contribution in [-0.2, 0) is 4.79 Å². The van der Waals surface area contributed by atoms with E-state index in [-0.39, 0.29) is 18.6 Å². The molecule has 5 nitrogen and oxygen atoms in total. The van der Waals surface area contributed by atoms with Crippen molar-refractivity contribution in [1.82, 2.24) is 0 Å². The van der Waals surface area contributed by atoms with Gasteiger partial charge in [-0.05, 0) is 31.2 Å². The van der Waals surface area contributed by atoms with E-state index < -0.39 is 0 Å². The minimum atomic E-state index is -0.0527. The van der Waals surface area contributed by atoms with E-state index in [1.807, 2.05) is 54.3 Å². The van der Waals surface area contributed by atoms with E-state index in [1.165, 1.54) is 0 Å². The average molecular weight is 297 g/mol. The molecule has 1 aliphatic heterocycles. The van der Waals surface area contributed by atoms with E-state index in [9.17, 15) is 4.79 Å². The Balaban J connectivity index is 1.74. The lowest BCUT2D eigenvalue weighted by atomic mass is 10.2. The van der Waals surface area contributed by atoms with E-state index in [4.69, 9.17) is 10.5 Å². The summed E-state index contributed by atoms with van der Waals surface area (Å²) in [4.78, 5) is 14.3. The molecule has 0 aromatic heterocycles. The molecule has 1 atom stereocenters. The molecule has 0 bridgehead atoms. The molecule has 0 radical (unpaired) electrons. The van der Waals surface area contributed by atoms with E-state index in [0.717, 1.165) is 17.1 Å². The maximum atomic E-state index is 12.2. The van der Waals surface area contributed by atoms with Crippen LogP contribution < -0.4 is 20.7 Å². The zero-order valence-corrected chi connectivity index (χ0v) is 12.5. The lowest BCUT2D eigenvalue weighted by Crippen LogP contribution is -2.42. The fourth-order valence-electron chi connectivity index (χ4n) is 2.59. The summed E-state index contributed by atoms with van der Waals surface area (Å²) in [6, 6.07) is 15.0. The van der Waals surface area contributed by atoms with Crippen molar-refractivity contribution < 1.29 is 9.53 Å². The summed E-state index contributed by atoms with van der Waals surface area (Å²) in [5.41, 5.74) is 8.15. The van der Waals surface area contributed by atoms with Gasteiger partial charge in [-0.2, -0.15) is 0 Å². The van der Waals surface area contributed by atoms with Crippen molar-refractivity contribution in [2.45, 2.75) is 13.0 Å². The van der Waals surface area contributed by atoms with Crippen molar-refractivity contribution in [2.75, 3.05) is 29.0 Å². The van der Waals surface area contributed by atoms with Crippen molar-refractivity contribution in [2.24, 2.45) is 0 Å². The molecule has 2 aromatic rings. The number of hydrogen-bond donors (Lipinski definition) is 2. The number of carbonyl (C=O) groups is 1. The standard InChI is InChI=1S/C17H19N3O2/c1-12-10-20(15-8-7-13(18)9-16(15)22-12)11-17(21)19-14-5-3-2-4-6-14/h2-9,12H,10-11,18H2,1H3,(H,19,21). The molecule has 114 valence electrons. The number of benzene rings is 2. The molecule has 0 fully saturated rings. The Morgan fingerprint density at radius 1 is 1.32 bits per heavy atom. The number of amides is 1. The third-order valence-electron chi connectivity index (χ3n) is 3.52. The number of ether oxygens (including phenoxy) is 1. The van der Waals surface area contributed by atoms with Gasteiger partial charge in [0.25, 0.3) is 0 Å². The highest BCUT2D eigenvalue weighted by Gasteiger charge is 2.24. The zero-order chi connectivity index (χ0) is 15.5. The molecule has 2 aromatic carbocycles. The number of hydrogen-bond acceptors (Lipinski definition) is 4. The second kappa shape index (κ2) is 5.97. The van der Waals surface area contributed by atoms with Crippen LogP contribution in [0.5, 0.6) is 5.75 Å². The van der Waals surface area contributed by atoms with Gasteiger partial charge >= 0.3 is 0 Å². The number of fused-ring (bicyclic) bond motifs is 1. The minimum absolute atomic E-state index is 0.0128. The van der Waals surface area contributed by atoms with Crippen molar-refractivity contribution in [1.29, 1.82) is 0 Å². The molecule has 1 aliphatic rings. The topological polar surface area (TPSA) is 67.6 Å². The number of nitrogens with zero attached hydrogens (tertiary/aromatic N) is 1. The van der Waals surface area contributed by atoms with Gasteiger partial charge in [0.1, 0.15) is 11.9 Å². The number of carbonyl (C=O) groups excluding carboxylic acids is 1. The Labute approximate surface area is 129 Å². The molecule has 3 rings (SSSR count). The summed E-state index contributed by atoms with van der Waals surface area (Å²) < 4.78 is 5.79. The summed E-state index contributed by atoms with van der Waals surface area (Å²) in [5.74, 6) is 0.675.